The number of carbonyl (C=O) groups excluding carboxylic acids is 2. The SMILES string of the molecule is CC(C)CNC(=O)c1ccc(NCC(=O)N2CCCC(C)C2)cc1Cl. The molecular formula is C19H28ClN3O2. The van der Waals surface area contributed by atoms with Gasteiger partial charge in [-0.15, -0.1) is 0 Å². The fourth-order valence-corrected chi connectivity index (χ4v) is 3.17. The molecule has 2 N–H and O–H groups in total. The van der Waals surface area contributed by atoms with E-state index in [1.54, 1.807) is 18.2 Å². The number of carbonyl (C=O) groups is 2. The molecule has 5 nitrogen and oxygen atoms in total. The molecule has 1 aliphatic heterocycles. The molecule has 0 spiro atoms. The Morgan fingerprint density at radius 2 is 2.12 bits per heavy atom. The number of halogens is 1. The highest BCUT2D eigenvalue weighted by Crippen LogP contribution is 2.21. The second-order valence-electron chi connectivity index (χ2n) is 7.24. The Bertz CT molecular complexity index is 619. The monoisotopic (exact) mass is 365 g/mol. The summed E-state index contributed by atoms with van der Waals surface area (Å²) in [5, 5.41) is 6.34. The maximum Gasteiger partial charge on any atom is 0.252 e. The third-order valence-electron chi connectivity index (χ3n) is 4.34. The molecule has 25 heavy (non-hydrogen) atoms. The number of nitrogens with one attached hydrogen (secondary N) is 2. The van der Waals surface area contributed by atoms with Gasteiger partial charge in [0.15, 0.2) is 0 Å². The number of piperidine rings is 1. The quantitative estimate of drug-likeness (QED) is 0.812. The molecule has 138 valence electrons. The molecule has 1 heterocycles. The van der Waals surface area contributed by atoms with Crippen molar-refractivity contribution in [2.45, 2.75) is 33.6 Å². The lowest BCUT2D eigenvalue weighted by molar-refractivity contribution is -0.130. The zero-order valence-electron chi connectivity index (χ0n) is 15.3. The van der Waals surface area contributed by atoms with Crippen LogP contribution in [0.3, 0.4) is 0 Å². The average molecular weight is 366 g/mol. The van der Waals surface area contributed by atoms with Crippen molar-refractivity contribution in [3.8, 4) is 0 Å². The summed E-state index contributed by atoms with van der Waals surface area (Å²) in [6.07, 6.45) is 2.26. The molecule has 1 aromatic rings. The van der Waals surface area contributed by atoms with Gasteiger partial charge in [0, 0.05) is 25.3 Å². The summed E-state index contributed by atoms with van der Waals surface area (Å²) < 4.78 is 0. The number of hydrogen-bond donors (Lipinski definition) is 2. The van der Waals surface area contributed by atoms with E-state index in [9.17, 15) is 9.59 Å². The highest BCUT2D eigenvalue weighted by molar-refractivity contribution is 6.34. The van der Waals surface area contributed by atoms with Crippen LogP contribution in [0, 0.1) is 11.8 Å². The molecule has 2 amide bonds. The average Bonchev–Trinajstić information content (AvgIpc) is 2.57. The molecule has 1 unspecified atom stereocenters. The summed E-state index contributed by atoms with van der Waals surface area (Å²) in [4.78, 5) is 26.3. The molecule has 6 heteroatoms. The Hall–Kier alpha value is -1.75. The van der Waals surface area contributed by atoms with E-state index in [2.05, 4.69) is 17.6 Å². The van der Waals surface area contributed by atoms with Gasteiger partial charge in [-0.2, -0.15) is 0 Å². The van der Waals surface area contributed by atoms with Gasteiger partial charge in [0.1, 0.15) is 0 Å². The number of rotatable bonds is 6. The van der Waals surface area contributed by atoms with Crippen LogP contribution in [0.5, 0.6) is 0 Å². The minimum absolute atomic E-state index is 0.0985. The number of hydrogen-bond acceptors (Lipinski definition) is 3. The van der Waals surface area contributed by atoms with Crippen molar-refractivity contribution in [1.82, 2.24) is 10.2 Å². The van der Waals surface area contributed by atoms with Crippen molar-refractivity contribution in [2.75, 3.05) is 31.5 Å². The maximum atomic E-state index is 12.3. The molecule has 2 rings (SSSR count). The summed E-state index contributed by atoms with van der Waals surface area (Å²) in [6, 6.07) is 5.16. The van der Waals surface area contributed by atoms with Crippen LogP contribution in [0.2, 0.25) is 5.02 Å². The Balaban J connectivity index is 1.89. The normalized spacial score (nSPS) is 17.5. The highest BCUT2D eigenvalue weighted by atomic mass is 35.5. The van der Waals surface area contributed by atoms with Gasteiger partial charge >= 0.3 is 0 Å². The van der Waals surface area contributed by atoms with Gasteiger partial charge in [0.05, 0.1) is 17.1 Å². The fourth-order valence-electron chi connectivity index (χ4n) is 2.91. The van der Waals surface area contributed by atoms with Crippen LogP contribution < -0.4 is 10.6 Å². The first-order valence-electron chi connectivity index (χ1n) is 8.96. The van der Waals surface area contributed by atoms with E-state index >= 15 is 0 Å². The summed E-state index contributed by atoms with van der Waals surface area (Å²) >= 11 is 6.23. The zero-order valence-corrected chi connectivity index (χ0v) is 16.0. The van der Waals surface area contributed by atoms with Crippen LogP contribution >= 0.6 is 11.6 Å². The standard InChI is InChI=1S/C19H28ClN3O2/c1-13(2)10-22-19(25)16-7-6-15(9-17(16)20)21-11-18(24)23-8-4-5-14(3)12-23/h6-7,9,13-14,21H,4-5,8,10-12H2,1-3H3,(H,22,25). The van der Waals surface area contributed by atoms with Gasteiger partial charge in [-0.05, 0) is 42.9 Å². The predicted molar refractivity (Wildman–Crippen MR) is 102 cm³/mol. The Kier molecular flexibility index (Phi) is 7.12. The maximum absolute atomic E-state index is 12.3. The van der Waals surface area contributed by atoms with Gasteiger partial charge in [0.25, 0.3) is 5.91 Å². The largest absolute Gasteiger partial charge is 0.376 e. The molecule has 1 aliphatic rings. The molecule has 0 aromatic heterocycles. The van der Waals surface area contributed by atoms with E-state index in [1.807, 2.05) is 18.7 Å². The highest BCUT2D eigenvalue weighted by Gasteiger charge is 2.20. The summed E-state index contributed by atoms with van der Waals surface area (Å²) in [6.45, 7) is 8.76. The van der Waals surface area contributed by atoms with Crippen LogP contribution in [0.15, 0.2) is 18.2 Å². The second-order valence-corrected chi connectivity index (χ2v) is 7.65. The van der Waals surface area contributed by atoms with Gasteiger partial charge in [-0.25, -0.2) is 0 Å². The topological polar surface area (TPSA) is 61.4 Å². The minimum Gasteiger partial charge on any atom is -0.376 e. The predicted octanol–water partition coefficient (Wildman–Crippen LogP) is 3.40. The molecule has 1 aromatic carbocycles. The summed E-state index contributed by atoms with van der Waals surface area (Å²) in [5.74, 6) is 0.869. The van der Waals surface area contributed by atoms with Crippen molar-refractivity contribution in [2.24, 2.45) is 11.8 Å². The number of anilines is 1. The van der Waals surface area contributed by atoms with Gasteiger partial charge < -0.3 is 15.5 Å². The number of likely N-dealkylation sites (tertiary alicyclic amines) is 1. The van der Waals surface area contributed by atoms with Crippen molar-refractivity contribution in [1.29, 1.82) is 0 Å². The summed E-state index contributed by atoms with van der Waals surface area (Å²) in [7, 11) is 0. The zero-order chi connectivity index (χ0) is 18.4. The third kappa shape index (κ3) is 5.92. The molecule has 0 radical (unpaired) electrons. The molecule has 0 bridgehead atoms. The second kappa shape index (κ2) is 9.09. The molecule has 0 saturated carbocycles. The van der Waals surface area contributed by atoms with Gasteiger partial charge in [-0.3, -0.25) is 9.59 Å². The Labute approximate surface area is 155 Å². The van der Waals surface area contributed by atoms with E-state index in [0.29, 0.717) is 29.0 Å². The van der Waals surface area contributed by atoms with E-state index in [-0.39, 0.29) is 18.4 Å². The Morgan fingerprint density at radius 1 is 1.36 bits per heavy atom. The van der Waals surface area contributed by atoms with Crippen LogP contribution in [-0.4, -0.2) is 42.9 Å². The number of amides is 2. The first-order valence-corrected chi connectivity index (χ1v) is 9.34. The van der Waals surface area contributed by atoms with Crippen molar-refractivity contribution in [3.63, 3.8) is 0 Å². The summed E-state index contributed by atoms with van der Waals surface area (Å²) in [5.41, 5.74) is 1.19. The van der Waals surface area contributed by atoms with E-state index in [0.717, 1.165) is 25.2 Å². The van der Waals surface area contributed by atoms with E-state index < -0.39 is 0 Å². The molecular weight excluding hydrogens is 338 g/mol. The first-order chi connectivity index (χ1) is 11.9. The van der Waals surface area contributed by atoms with Crippen LogP contribution in [0.4, 0.5) is 5.69 Å². The lowest BCUT2D eigenvalue weighted by Crippen LogP contribution is -2.41. The minimum atomic E-state index is -0.177. The lowest BCUT2D eigenvalue weighted by Gasteiger charge is -2.31. The number of benzene rings is 1. The smallest absolute Gasteiger partial charge is 0.252 e. The third-order valence-corrected chi connectivity index (χ3v) is 4.65. The first kappa shape index (κ1) is 19.6. The van der Waals surface area contributed by atoms with Crippen LogP contribution in [0.1, 0.15) is 44.0 Å². The van der Waals surface area contributed by atoms with Gasteiger partial charge in [-0.1, -0.05) is 32.4 Å². The van der Waals surface area contributed by atoms with E-state index in [1.165, 1.54) is 6.42 Å². The van der Waals surface area contributed by atoms with Crippen LogP contribution in [0.25, 0.3) is 0 Å². The molecule has 1 saturated heterocycles. The van der Waals surface area contributed by atoms with Crippen molar-refractivity contribution in [3.05, 3.63) is 28.8 Å². The fraction of sp³-hybridized carbons (Fsp3) is 0.579. The van der Waals surface area contributed by atoms with Crippen LogP contribution in [-0.2, 0) is 4.79 Å². The number of nitrogens with zero attached hydrogens (tertiary/aromatic N) is 1. The van der Waals surface area contributed by atoms with Gasteiger partial charge in [0.2, 0.25) is 5.91 Å². The van der Waals surface area contributed by atoms with Crippen molar-refractivity contribution < 1.29 is 9.59 Å². The van der Waals surface area contributed by atoms with Crippen molar-refractivity contribution >= 4 is 29.1 Å². The Morgan fingerprint density at radius 3 is 2.76 bits per heavy atom. The lowest BCUT2D eigenvalue weighted by atomic mass is 10.0. The van der Waals surface area contributed by atoms with E-state index in [4.69, 9.17) is 11.6 Å². The molecule has 1 atom stereocenters. The molecule has 1 fully saturated rings. The molecule has 0 aliphatic carbocycles.